The van der Waals surface area contributed by atoms with E-state index in [0.29, 0.717) is 11.3 Å². The first kappa shape index (κ1) is 14.5. The predicted octanol–water partition coefficient (Wildman–Crippen LogP) is 1.38. The highest BCUT2D eigenvalue weighted by atomic mass is 32.2. The molecule has 17 heavy (non-hydrogen) atoms. The number of hydrogen-bond acceptors (Lipinski definition) is 5. The summed E-state index contributed by atoms with van der Waals surface area (Å²) in [7, 11) is 0. The molecule has 0 aliphatic carbocycles. The molecule has 0 aliphatic rings. The van der Waals surface area contributed by atoms with Gasteiger partial charge in [0.15, 0.2) is 0 Å². The zero-order valence-electron chi connectivity index (χ0n) is 11.1. The Hall–Kier alpha value is -0.590. The minimum Gasteiger partial charge on any atom is -0.271 e. The molecule has 98 valence electrons. The van der Waals surface area contributed by atoms with Crippen LogP contribution < -0.4 is 11.3 Å². The number of thioether (sulfide) groups is 1. The lowest BCUT2D eigenvalue weighted by Crippen LogP contribution is -2.39. The van der Waals surface area contributed by atoms with E-state index in [1.54, 1.807) is 6.33 Å². The third-order valence-corrected chi connectivity index (χ3v) is 3.69. The van der Waals surface area contributed by atoms with E-state index in [2.05, 4.69) is 43.2 Å². The lowest BCUT2D eigenvalue weighted by molar-refractivity contribution is 0.477. The summed E-state index contributed by atoms with van der Waals surface area (Å²) in [5, 5.41) is 4.85. The van der Waals surface area contributed by atoms with Crippen LogP contribution in [0.3, 0.4) is 0 Å². The van der Waals surface area contributed by atoms with E-state index in [9.17, 15) is 0 Å². The molecule has 1 heterocycles. The summed E-state index contributed by atoms with van der Waals surface area (Å²) in [6.45, 7) is 8.58. The molecule has 3 N–H and O–H groups in total. The molecule has 1 aromatic heterocycles. The van der Waals surface area contributed by atoms with Crippen LogP contribution in [0.1, 0.15) is 39.6 Å². The van der Waals surface area contributed by atoms with Crippen LogP contribution in [0.4, 0.5) is 0 Å². The fraction of sp³-hybridized carbons (Fsp3) is 0.818. The molecule has 0 saturated carbocycles. The first-order valence-electron chi connectivity index (χ1n) is 6.00. The highest BCUT2D eigenvalue weighted by Crippen LogP contribution is 2.13. The SMILES string of the molecule is CC(C)SCC(Cc1ncnn1C(C)C)NN. The van der Waals surface area contributed by atoms with Crippen LogP contribution in [0.15, 0.2) is 6.33 Å². The normalized spacial score (nSPS) is 13.6. The fourth-order valence-electron chi connectivity index (χ4n) is 1.55. The number of aromatic nitrogens is 3. The number of rotatable bonds is 7. The molecule has 0 radical (unpaired) electrons. The molecule has 0 aromatic carbocycles. The Bertz CT molecular complexity index is 323. The van der Waals surface area contributed by atoms with Crippen LogP contribution >= 0.6 is 11.8 Å². The fourth-order valence-corrected chi connectivity index (χ4v) is 2.38. The van der Waals surface area contributed by atoms with Gasteiger partial charge in [-0.05, 0) is 19.1 Å². The molecule has 1 atom stereocenters. The Balaban J connectivity index is 2.57. The minimum absolute atomic E-state index is 0.240. The molecular weight excluding hydrogens is 234 g/mol. The van der Waals surface area contributed by atoms with Gasteiger partial charge < -0.3 is 0 Å². The van der Waals surface area contributed by atoms with Crippen molar-refractivity contribution in [2.75, 3.05) is 5.75 Å². The lowest BCUT2D eigenvalue weighted by atomic mass is 10.2. The van der Waals surface area contributed by atoms with Crippen LogP contribution in [0.25, 0.3) is 0 Å². The largest absolute Gasteiger partial charge is 0.271 e. The van der Waals surface area contributed by atoms with E-state index < -0.39 is 0 Å². The first-order chi connectivity index (χ1) is 8.04. The number of hydrogen-bond donors (Lipinski definition) is 2. The summed E-state index contributed by atoms with van der Waals surface area (Å²) < 4.78 is 1.95. The van der Waals surface area contributed by atoms with Crippen molar-refractivity contribution < 1.29 is 0 Å². The standard InChI is InChI=1S/C11H23N5S/c1-8(2)16-11(13-7-14-16)5-10(15-12)6-17-9(3)4/h7-10,15H,5-6,12H2,1-4H3. The molecule has 1 rings (SSSR count). The van der Waals surface area contributed by atoms with Gasteiger partial charge in [0.2, 0.25) is 0 Å². The molecule has 1 aromatic rings. The van der Waals surface area contributed by atoms with Gasteiger partial charge >= 0.3 is 0 Å². The zero-order chi connectivity index (χ0) is 12.8. The van der Waals surface area contributed by atoms with Crippen LogP contribution in [0.2, 0.25) is 0 Å². The third-order valence-electron chi connectivity index (χ3n) is 2.43. The topological polar surface area (TPSA) is 68.8 Å². The molecule has 6 heteroatoms. The Morgan fingerprint density at radius 3 is 2.65 bits per heavy atom. The summed E-state index contributed by atoms with van der Waals surface area (Å²) in [5.74, 6) is 7.56. The third kappa shape index (κ3) is 4.65. The van der Waals surface area contributed by atoms with Crippen LogP contribution in [0.5, 0.6) is 0 Å². The molecule has 0 amide bonds. The summed E-state index contributed by atoms with van der Waals surface area (Å²) in [6.07, 6.45) is 2.42. The summed E-state index contributed by atoms with van der Waals surface area (Å²) in [5.41, 5.74) is 2.86. The summed E-state index contributed by atoms with van der Waals surface area (Å²) >= 11 is 1.90. The van der Waals surface area contributed by atoms with Crippen molar-refractivity contribution in [2.45, 2.75) is 51.4 Å². The number of nitrogens with one attached hydrogen (secondary N) is 1. The van der Waals surface area contributed by atoms with Gasteiger partial charge in [-0.15, -0.1) is 0 Å². The highest BCUT2D eigenvalue weighted by Gasteiger charge is 2.14. The molecular formula is C11H23N5S. The van der Waals surface area contributed by atoms with Gasteiger partial charge in [-0.1, -0.05) is 13.8 Å². The molecule has 0 aliphatic heterocycles. The monoisotopic (exact) mass is 257 g/mol. The highest BCUT2D eigenvalue weighted by molar-refractivity contribution is 7.99. The van der Waals surface area contributed by atoms with E-state index in [4.69, 9.17) is 5.84 Å². The van der Waals surface area contributed by atoms with Crippen molar-refractivity contribution in [1.82, 2.24) is 20.2 Å². The summed E-state index contributed by atoms with van der Waals surface area (Å²) in [4.78, 5) is 4.30. The van der Waals surface area contributed by atoms with E-state index >= 15 is 0 Å². The molecule has 5 nitrogen and oxygen atoms in total. The molecule has 0 fully saturated rings. The van der Waals surface area contributed by atoms with E-state index in [1.807, 2.05) is 16.4 Å². The second-order valence-electron chi connectivity index (χ2n) is 4.66. The summed E-state index contributed by atoms with van der Waals surface area (Å²) in [6, 6.07) is 0.577. The second kappa shape index (κ2) is 6.98. The molecule has 1 unspecified atom stereocenters. The van der Waals surface area contributed by atoms with Gasteiger partial charge in [0.25, 0.3) is 0 Å². The first-order valence-corrected chi connectivity index (χ1v) is 7.05. The van der Waals surface area contributed by atoms with Gasteiger partial charge in [-0.25, -0.2) is 9.67 Å². The Morgan fingerprint density at radius 2 is 2.12 bits per heavy atom. The Kier molecular flexibility index (Phi) is 5.94. The zero-order valence-corrected chi connectivity index (χ0v) is 11.9. The van der Waals surface area contributed by atoms with E-state index in [0.717, 1.165) is 18.0 Å². The van der Waals surface area contributed by atoms with Crippen molar-refractivity contribution in [1.29, 1.82) is 0 Å². The maximum Gasteiger partial charge on any atom is 0.138 e. The smallest absolute Gasteiger partial charge is 0.138 e. The van der Waals surface area contributed by atoms with Crippen LogP contribution in [-0.2, 0) is 6.42 Å². The molecule has 0 spiro atoms. The van der Waals surface area contributed by atoms with Crippen LogP contribution in [-0.4, -0.2) is 31.8 Å². The van der Waals surface area contributed by atoms with Crippen LogP contribution in [0, 0.1) is 0 Å². The lowest BCUT2D eigenvalue weighted by Gasteiger charge is -2.17. The Morgan fingerprint density at radius 1 is 1.41 bits per heavy atom. The van der Waals surface area contributed by atoms with Gasteiger partial charge in [0.05, 0.1) is 0 Å². The van der Waals surface area contributed by atoms with Crippen molar-refractivity contribution in [3.05, 3.63) is 12.2 Å². The van der Waals surface area contributed by atoms with Crippen molar-refractivity contribution in [3.8, 4) is 0 Å². The van der Waals surface area contributed by atoms with Gasteiger partial charge in [-0.3, -0.25) is 11.3 Å². The van der Waals surface area contributed by atoms with Crippen molar-refractivity contribution in [2.24, 2.45) is 5.84 Å². The average Bonchev–Trinajstić information content (AvgIpc) is 2.71. The van der Waals surface area contributed by atoms with E-state index in [1.165, 1.54) is 0 Å². The minimum atomic E-state index is 0.240. The van der Waals surface area contributed by atoms with Gasteiger partial charge in [0.1, 0.15) is 12.2 Å². The number of hydrazine groups is 1. The van der Waals surface area contributed by atoms with Crippen molar-refractivity contribution >= 4 is 11.8 Å². The maximum atomic E-state index is 5.58. The predicted molar refractivity (Wildman–Crippen MR) is 72.8 cm³/mol. The number of nitrogens with zero attached hydrogens (tertiary/aromatic N) is 3. The molecule has 0 bridgehead atoms. The van der Waals surface area contributed by atoms with Gasteiger partial charge in [0, 0.05) is 24.3 Å². The van der Waals surface area contributed by atoms with E-state index in [-0.39, 0.29) is 6.04 Å². The second-order valence-corrected chi connectivity index (χ2v) is 6.27. The molecule has 0 saturated heterocycles. The van der Waals surface area contributed by atoms with Crippen molar-refractivity contribution in [3.63, 3.8) is 0 Å². The average molecular weight is 257 g/mol. The number of nitrogens with two attached hydrogens (primary N) is 1. The Labute approximate surface area is 108 Å². The van der Waals surface area contributed by atoms with Gasteiger partial charge in [-0.2, -0.15) is 16.9 Å². The quantitative estimate of drug-likeness (QED) is 0.570. The maximum absolute atomic E-state index is 5.58.